The number of hydrogen-bond donors (Lipinski definition) is 1. The molecule has 1 aromatic carbocycles. The van der Waals surface area contributed by atoms with Gasteiger partial charge in [-0.1, -0.05) is 12.1 Å². The maximum absolute atomic E-state index is 12.6. The van der Waals surface area contributed by atoms with Crippen LogP contribution in [0.25, 0.3) is 6.08 Å². The zero-order valence-corrected chi connectivity index (χ0v) is 19.9. The number of amides is 2. The summed E-state index contributed by atoms with van der Waals surface area (Å²) in [6.45, 7) is 4.72. The Morgan fingerprint density at radius 2 is 1.65 bits per heavy atom. The third-order valence-electron chi connectivity index (χ3n) is 6.13. The van der Waals surface area contributed by atoms with E-state index in [1.807, 2.05) is 4.90 Å². The van der Waals surface area contributed by atoms with E-state index in [-0.39, 0.29) is 23.3 Å². The molecule has 0 aliphatic carbocycles. The van der Waals surface area contributed by atoms with Crippen molar-refractivity contribution in [3.05, 3.63) is 60.1 Å². The van der Waals surface area contributed by atoms with Crippen molar-refractivity contribution in [1.82, 2.24) is 19.4 Å². The topological polar surface area (TPSA) is 103 Å². The van der Waals surface area contributed by atoms with E-state index in [1.165, 1.54) is 24.5 Å². The fourth-order valence-corrected chi connectivity index (χ4v) is 5.07. The van der Waals surface area contributed by atoms with Gasteiger partial charge in [0.05, 0.1) is 24.2 Å². The lowest BCUT2D eigenvalue weighted by Gasteiger charge is -2.34. The lowest BCUT2D eigenvalue weighted by molar-refractivity contribution is -0.132. The standard InChI is InChI=1S/C24H30N4O5S/c29-23(28-15-13-26(14-16-28)19-24(30)27-11-1-2-12-27)10-7-20-5-8-22(9-6-20)34(31,32)25-18-21-4-3-17-33-21/h3-10,17,25H,1-2,11-16,18-19H2. The van der Waals surface area contributed by atoms with Crippen molar-refractivity contribution >= 4 is 27.9 Å². The molecule has 2 aliphatic rings. The van der Waals surface area contributed by atoms with Gasteiger partial charge < -0.3 is 14.2 Å². The van der Waals surface area contributed by atoms with Crippen LogP contribution >= 0.6 is 0 Å². The number of hydrogen-bond acceptors (Lipinski definition) is 6. The second-order valence-electron chi connectivity index (χ2n) is 8.50. The Kier molecular flexibility index (Phi) is 7.81. The van der Waals surface area contributed by atoms with E-state index in [0.717, 1.165) is 31.5 Å². The molecule has 34 heavy (non-hydrogen) atoms. The van der Waals surface area contributed by atoms with Gasteiger partial charge in [0.25, 0.3) is 0 Å². The normalized spacial score (nSPS) is 17.5. The Morgan fingerprint density at radius 1 is 0.941 bits per heavy atom. The van der Waals surface area contributed by atoms with Gasteiger partial charge in [-0.2, -0.15) is 0 Å². The second kappa shape index (κ2) is 11.0. The average Bonchev–Trinajstić information content (AvgIpc) is 3.57. The highest BCUT2D eigenvalue weighted by Gasteiger charge is 2.24. The van der Waals surface area contributed by atoms with Crippen LogP contribution in [0.5, 0.6) is 0 Å². The first kappa shape index (κ1) is 24.2. The minimum absolute atomic E-state index is 0.0746. The lowest BCUT2D eigenvalue weighted by atomic mass is 10.2. The van der Waals surface area contributed by atoms with Crippen molar-refractivity contribution in [2.45, 2.75) is 24.3 Å². The van der Waals surface area contributed by atoms with Crippen LogP contribution in [0.4, 0.5) is 0 Å². The zero-order valence-electron chi connectivity index (χ0n) is 19.1. The Hall–Kier alpha value is -2.95. The summed E-state index contributed by atoms with van der Waals surface area (Å²) in [5.41, 5.74) is 0.730. The van der Waals surface area contributed by atoms with Crippen LogP contribution in [0.1, 0.15) is 24.2 Å². The number of benzene rings is 1. The molecule has 2 aromatic rings. The lowest BCUT2D eigenvalue weighted by Crippen LogP contribution is -2.51. The molecule has 1 N–H and O–H groups in total. The van der Waals surface area contributed by atoms with Gasteiger partial charge in [0.2, 0.25) is 21.8 Å². The Labute approximate surface area is 200 Å². The van der Waals surface area contributed by atoms with Gasteiger partial charge in [-0.05, 0) is 48.7 Å². The Morgan fingerprint density at radius 3 is 2.29 bits per heavy atom. The summed E-state index contributed by atoms with van der Waals surface area (Å²) in [5.74, 6) is 0.613. The van der Waals surface area contributed by atoms with Crippen LogP contribution in [-0.2, 0) is 26.2 Å². The van der Waals surface area contributed by atoms with Crippen molar-refractivity contribution < 1.29 is 22.4 Å². The number of likely N-dealkylation sites (tertiary alicyclic amines) is 1. The minimum Gasteiger partial charge on any atom is -0.468 e. The zero-order chi connectivity index (χ0) is 24.0. The van der Waals surface area contributed by atoms with E-state index in [2.05, 4.69) is 9.62 Å². The highest BCUT2D eigenvalue weighted by Crippen LogP contribution is 2.14. The molecular weight excluding hydrogens is 456 g/mol. The first-order valence-electron chi connectivity index (χ1n) is 11.5. The number of piperazine rings is 1. The molecule has 0 radical (unpaired) electrons. The van der Waals surface area contributed by atoms with Gasteiger partial charge in [-0.15, -0.1) is 0 Å². The van der Waals surface area contributed by atoms with Gasteiger partial charge in [0.15, 0.2) is 0 Å². The van der Waals surface area contributed by atoms with E-state index < -0.39 is 10.0 Å². The summed E-state index contributed by atoms with van der Waals surface area (Å²) >= 11 is 0. The predicted octanol–water partition coefficient (Wildman–Crippen LogP) is 1.54. The number of rotatable bonds is 8. The van der Waals surface area contributed by atoms with Crippen molar-refractivity contribution in [3.63, 3.8) is 0 Å². The maximum atomic E-state index is 12.6. The molecule has 0 saturated carbocycles. The third kappa shape index (κ3) is 6.34. The van der Waals surface area contributed by atoms with Crippen LogP contribution in [0.2, 0.25) is 0 Å². The summed E-state index contributed by atoms with van der Waals surface area (Å²) in [5, 5.41) is 0. The molecule has 0 bridgehead atoms. The molecule has 9 nitrogen and oxygen atoms in total. The molecule has 2 aliphatic heterocycles. The van der Waals surface area contributed by atoms with Crippen molar-refractivity contribution in [3.8, 4) is 0 Å². The van der Waals surface area contributed by atoms with E-state index in [0.29, 0.717) is 38.5 Å². The van der Waals surface area contributed by atoms with Crippen LogP contribution in [-0.4, -0.2) is 80.7 Å². The number of nitrogens with zero attached hydrogens (tertiary/aromatic N) is 3. The van der Waals surface area contributed by atoms with E-state index in [9.17, 15) is 18.0 Å². The number of carbonyl (C=O) groups excluding carboxylic acids is 2. The monoisotopic (exact) mass is 486 g/mol. The number of sulfonamides is 1. The predicted molar refractivity (Wildman–Crippen MR) is 127 cm³/mol. The fraction of sp³-hybridized carbons (Fsp3) is 0.417. The van der Waals surface area contributed by atoms with Crippen LogP contribution in [0.15, 0.2) is 58.1 Å². The third-order valence-corrected chi connectivity index (χ3v) is 7.54. The quantitative estimate of drug-likeness (QED) is 0.568. The average molecular weight is 487 g/mol. The van der Waals surface area contributed by atoms with E-state index in [1.54, 1.807) is 35.2 Å². The Balaban J connectivity index is 1.24. The fourth-order valence-electron chi connectivity index (χ4n) is 4.08. The summed E-state index contributed by atoms with van der Waals surface area (Å²) in [4.78, 5) is 30.8. The van der Waals surface area contributed by atoms with Gasteiger partial charge in [-0.3, -0.25) is 14.5 Å². The largest absolute Gasteiger partial charge is 0.468 e. The summed E-state index contributed by atoms with van der Waals surface area (Å²) in [7, 11) is -3.66. The molecule has 0 atom stereocenters. The maximum Gasteiger partial charge on any atom is 0.246 e. The summed E-state index contributed by atoms with van der Waals surface area (Å²) in [6.07, 6.45) is 6.84. The minimum atomic E-state index is -3.66. The highest BCUT2D eigenvalue weighted by molar-refractivity contribution is 7.89. The van der Waals surface area contributed by atoms with Gasteiger partial charge in [-0.25, -0.2) is 13.1 Å². The second-order valence-corrected chi connectivity index (χ2v) is 10.3. The van der Waals surface area contributed by atoms with Crippen LogP contribution in [0, 0.1) is 0 Å². The molecule has 2 amide bonds. The SMILES string of the molecule is O=C(C=Cc1ccc(S(=O)(=O)NCc2ccco2)cc1)N1CCN(CC(=O)N2CCCC2)CC1. The van der Waals surface area contributed by atoms with E-state index >= 15 is 0 Å². The first-order chi connectivity index (χ1) is 16.4. The van der Waals surface area contributed by atoms with E-state index in [4.69, 9.17) is 4.42 Å². The molecular formula is C24H30N4O5S. The number of carbonyl (C=O) groups is 2. The number of nitrogens with one attached hydrogen (secondary N) is 1. The molecule has 4 rings (SSSR count). The van der Waals surface area contributed by atoms with Gasteiger partial charge >= 0.3 is 0 Å². The molecule has 2 saturated heterocycles. The Bertz CT molecular complexity index is 1100. The highest BCUT2D eigenvalue weighted by atomic mass is 32.2. The summed E-state index contributed by atoms with van der Waals surface area (Å²) < 4.78 is 32.5. The first-order valence-corrected chi connectivity index (χ1v) is 13.0. The molecule has 0 unspecified atom stereocenters. The molecule has 2 fully saturated rings. The van der Waals surface area contributed by atoms with Crippen molar-refractivity contribution in [2.75, 3.05) is 45.8 Å². The molecule has 182 valence electrons. The molecule has 3 heterocycles. The van der Waals surface area contributed by atoms with Crippen molar-refractivity contribution in [2.24, 2.45) is 0 Å². The summed E-state index contributed by atoms with van der Waals surface area (Å²) in [6, 6.07) is 9.72. The van der Waals surface area contributed by atoms with Gasteiger partial charge in [0, 0.05) is 45.3 Å². The van der Waals surface area contributed by atoms with Crippen molar-refractivity contribution in [1.29, 1.82) is 0 Å². The molecule has 0 spiro atoms. The smallest absolute Gasteiger partial charge is 0.246 e. The van der Waals surface area contributed by atoms with Crippen LogP contribution in [0.3, 0.4) is 0 Å². The molecule has 1 aromatic heterocycles. The van der Waals surface area contributed by atoms with Crippen LogP contribution < -0.4 is 4.72 Å². The number of furan rings is 1. The van der Waals surface area contributed by atoms with Gasteiger partial charge in [0.1, 0.15) is 5.76 Å². The molecule has 10 heteroatoms.